The van der Waals surface area contributed by atoms with E-state index in [4.69, 9.17) is 4.43 Å². The number of hydrogen-bond donors (Lipinski definition) is 1. The number of phenols is 1. The third-order valence-corrected chi connectivity index (χ3v) is 14.3. The Morgan fingerprint density at radius 2 is 1.58 bits per heavy atom. The molecular formula is C39H40FN3O4Si. The number of nitrogens with zero attached hydrogens (tertiary/aromatic N) is 3. The summed E-state index contributed by atoms with van der Waals surface area (Å²) in [6.45, 7) is 7.42. The van der Waals surface area contributed by atoms with Crippen LogP contribution in [0.1, 0.15) is 58.2 Å². The number of phenolic OH excluding ortho intramolecular Hbond substituents is 1. The van der Waals surface area contributed by atoms with Crippen LogP contribution in [0, 0.1) is 5.82 Å². The van der Waals surface area contributed by atoms with Crippen LogP contribution >= 0.6 is 0 Å². The molecule has 2 heterocycles. The molecule has 0 fully saturated rings. The molecule has 0 unspecified atom stereocenters. The Hall–Kier alpha value is -4.86. The van der Waals surface area contributed by atoms with Gasteiger partial charge in [-0.1, -0.05) is 93.6 Å². The first-order chi connectivity index (χ1) is 22.9. The maximum absolute atomic E-state index is 14.4. The Morgan fingerprint density at radius 3 is 2.17 bits per heavy atom. The zero-order chi connectivity index (χ0) is 34.2. The highest BCUT2D eigenvalue weighted by molar-refractivity contribution is 6.99. The lowest BCUT2D eigenvalue weighted by atomic mass is 9.94. The van der Waals surface area contributed by atoms with E-state index in [0.717, 1.165) is 21.5 Å². The molecule has 5 aromatic rings. The number of carbonyl (C=O) groups excluding carboxylic acids is 2. The molecule has 7 nitrogen and oxygen atoms in total. The van der Waals surface area contributed by atoms with Crippen molar-refractivity contribution in [3.63, 3.8) is 0 Å². The first kappa shape index (κ1) is 33.1. The van der Waals surface area contributed by atoms with Crippen molar-refractivity contribution in [1.82, 2.24) is 14.8 Å². The Bertz CT molecular complexity index is 1940. The van der Waals surface area contributed by atoms with E-state index in [1.165, 1.54) is 17.0 Å². The fourth-order valence-corrected chi connectivity index (χ4v) is 11.4. The Labute approximate surface area is 281 Å². The molecule has 1 N–H and O–H groups in total. The van der Waals surface area contributed by atoms with Gasteiger partial charge in [-0.15, -0.1) is 0 Å². The van der Waals surface area contributed by atoms with E-state index in [1.54, 1.807) is 37.3 Å². The second kappa shape index (κ2) is 13.0. The number of halogens is 1. The molecule has 0 saturated heterocycles. The standard InChI is InChI=1S/C39H40FN3O4Si/c1-39(2,3)48(29-12-8-6-9-13-29,30-14-10-7-11-15-30)47-21-20-42(4)37(45)33-31-23-27(22-26-16-18-28(40)19-17-26)24-41-35(31)36(44)34-32(33)25-43(5)38(34)46/h6-19,23-24,44H,20-22,25H2,1-5H3. The largest absolute Gasteiger partial charge is 0.505 e. The van der Waals surface area contributed by atoms with Gasteiger partial charge in [0.25, 0.3) is 20.1 Å². The van der Waals surface area contributed by atoms with Crippen LogP contribution in [-0.2, 0) is 17.4 Å². The van der Waals surface area contributed by atoms with E-state index in [9.17, 15) is 19.1 Å². The number of fused-ring (bicyclic) bond motifs is 2. The van der Waals surface area contributed by atoms with Gasteiger partial charge >= 0.3 is 0 Å². The number of rotatable bonds is 9. The molecule has 0 bridgehead atoms. The van der Waals surface area contributed by atoms with Gasteiger partial charge in [0.05, 0.1) is 17.7 Å². The van der Waals surface area contributed by atoms with Gasteiger partial charge in [0.15, 0.2) is 5.75 Å². The van der Waals surface area contributed by atoms with Crippen LogP contribution in [0.25, 0.3) is 10.9 Å². The smallest absolute Gasteiger partial charge is 0.261 e. The summed E-state index contributed by atoms with van der Waals surface area (Å²) in [6.07, 6.45) is 2.08. The van der Waals surface area contributed by atoms with E-state index >= 15 is 0 Å². The van der Waals surface area contributed by atoms with Gasteiger partial charge in [-0.05, 0) is 51.2 Å². The number of likely N-dealkylation sites (N-methyl/N-ethyl adjacent to an activating group) is 1. The average molecular weight is 662 g/mol. The van der Waals surface area contributed by atoms with Gasteiger partial charge in [-0.3, -0.25) is 14.6 Å². The molecule has 6 rings (SSSR count). The lowest BCUT2D eigenvalue weighted by molar-refractivity contribution is 0.0768. The number of hydrogen-bond acceptors (Lipinski definition) is 5. The molecule has 0 radical (unpaired) electrons. The second-order valence-corrected chi connectivity index (χ2v) is 17.8. The molecule has 0 spiro atoms. The van der Waals surface area contributed by atoms with Crippen molar-refractivity contribution >= 4 is 41.4 Å². The number of carbonyl (C=O) groups is 2. The van der Waals surface area contributed by atoms with Gasteiger partial charge in [-0.2, -0.15) is 0 Å². The van der Waals surface area contributed by atoms with E-state index in [1.807, 2.05) is 42.5 Å². The molecule has 1 aliphatic heterocycles. The predicted molar refractivity (Wildman–Crippen MR) is 189 cm³/mol. The summed E-state index contributed by atoms with van der Waals surface area (Å²) in [5, 5.41) is 13.8. The SMILES string of the molecule is CN1Cc2c(c(O)c3ncc(Cc4ccc(F)cc4)cc3c2C(=O)N(C)CCO[Si](c2ccccc2)(c2ccccc2)C(C)(C)C)C1=O. The van der Waals surface area contributed by atoms with Crippen molar-refractivity contribution in [3.05, 3.63) is 131 Å². The van der Waals surface area contributed by atoms with Gasteiger partial charge < -0.3 is 19.3 Å². The van der Waals surface area contributed by atoms with Gasteiger partial charge in [0.1, 0.15) is 11.3 Å². The first-order valence-electron chi connectivity index (χ1n) is 16.1. The number of aromatic hydroxyl groups is 1. The summed E-state index contributed by atoms with van der Waals surface area (Å²) >= 11 is 0. The minimum Gasteiger partial charge on any atom is -0.505 e. The predicted octanol–water partition coefficient (Wildman–Crippen LogP) is 5.90. The second-order valence-electron chi connectivity index (χ2n) is 13.5. The average Bonchev–Trinajstić information content (AvgIpc) is 3.37. The van der Waals surface area contributed by atoms with Crippen molar-refractivity contribution in [3.8, 4) is 5.75 Å². The quantitative estimate of drug-likeness (QED) is 0.199. The van der Waals surface area contributed by atoms with E-state index in [-0.39, 0.29) is 46.0 Å². The molecular weight excluding hydrogens is 622 g/mol. The summed E-state index contributed by atoms with van der Waals surface area (Å²) in [5.41, 5.74) is 2.81. The molecule has 1 aromatic heterocycles. The zero-order valence-electron chi connectivity index (χ0n) is 28.0. The van der Waals surface area contributed by atoms with Crippen molar-refractivity contribution in [2.75, 3.05) is 27.2 Å². The molecule has 0 aliphatic carbocycles. The number of amides is 2. The topological polar surface area (TPSA) is 83.0 Å². The fraction of sp³-hybridized carbons (Fsp3) is 0.256. The van der Waals surface area contributed by atoms with E-state index < -0.39 is 8.32 Å². The third kappa shape index (κ3) is 5.88. The fourth-order valence-electron chi connectivity index (χ4n) is 6.89. The normalized spacial score (nSPS) is 13.2. The molecule has 2 amide bonds. The third-order valence-electron chi connectivity index (χ3n) is 9.28. The Morgan fingerprint density at radius 1 is 0.979 bits per heavy atom. The number of aromatic nitrogens is 1. The van der Waals surface area contributed by atoms with E-state index in [0.29, 0.717) is 36.1 Å². The minimum atomic E-state index is -2.82. The lowest BCUT2D eigenvalue weighted by Crippen LogP contribution is -2.67. The summed E-state index contributed by atoms with van der Waals surface area (Å²) < 4.78 is 20.6. The van der Waals surface area contributed by atoms with Crippen molar-refractivity contribution < 1.29 is 23.5 Å². The summed E-state index contributed by atoms with van der Waals surface area (Å²) in [7, 11) is 0.562. The summed E-state index contributed by atoms with van der Waals surface area (Å²) in [4.78, 5) is 35.3. The molecule has 0 saturated carbocycles. The van der Waals surface area contributed by atoms with E-state index in [2.05, 4.69) is 50.0 Å². The highest BCUT2D eigenvalue weighted by Crippen LogP contribution is 2.40. The van der Waals surface area contributed by atoms with Crippen LogP contribution in [0.15, 0.2) is 97.2 Å². The van der Waals surface area contributed by atoms with Crippen molar-refractivity contribution in [2.24, 2.45) is 0 Å². The van der Waals surface area contributed by atoms with Crippen LogP contribution in [0.2, 0.25) is 5.04 Å². The monoisotopic (exact) mass is 661 g/mol. The number of pyridine rings is 1. The van der Waals surface area contributed by atoms with Gasteiger partial charge in [-0.25, -0.2) is 4.39 Å². The molecule has 4 aromatic carbocycles. The summed E-state index contributed by atoms with van der Waals surface area (Å²) in [6, 6.07) is 28.8. The first-order valence-corrected chi connectivity index (χ1v) is 18.0. The maximum Gasteiger partial charge on any atom is 0.261 e. The van der Waals surface area contributed by atoms with Gasteiger partial charge in [0, 0.05) is 44.3 Å². The van der Waals surface area contributed by atoms with Crippen molar-refractivity contribution in [1.29, 1.82) is 0 Å². The minimum absolute atomic E-state index is 0.115. The highest BCUT2D eigenvalue weighted by Gasteiger charge is 2.50. The molecule has 246 valence electrons. The molecule has 0 atom stereocenters. The molecule has 48 heavy (non-hydrogen) atoms. The molecule has 1 aliphatic rings. The number of benzene rings is 4. The Kier molecular flexibility index (Phi) is 8.93. The molecule has 9 heteroatoms. The van der Waals surface area contributed by atoms with Crippen LogP contribution in [0.5, 0.6) is 5.75 Å². The summed E-state index contributed by atoms with van der Waals surface area (Å²) in [5.74, 6) is -1.18. The van der Waals surface area contributed by atoms with Crippen LogP contribution < -0.4 is 10.4 Å². The van der Waals surface area contributed by atoms with Crippen molar-refractivity contribution in [2.45, 2.75) is 38.8 Å². The Balaban J connectivity index is 1.36. The van der Waals surface area contributed by atoms with Crippen LogP contribution in [0.4, 0.5) is 4.39 Å². The zero-order valence-corrected chi connectivity index (χ0v) is 29.0. The van der Waals surface area contributed by atoms with Gasteiger partial charge in [0.2, 0.25) is 0 Å². The highest BCUT2D eigenvalue weighted by atomic mass is 28.4. The van der Waals surface area contributed by atoms with Crippen LogP contribution in [0.3, 0.4) is 0 Å². The van der Waals surface area contributed by atoms with Crippen LogP contribution in [-0.4, -0.2) is 67.3 Å². The lowest BCUT2D eigenvalue weighted by Gasteiger charge is -2.43. The maximum atomic E-state index is 14.4.